The number of carbonyl (C=O) groups excluding carboxylic acids is 1. The number of hydrogen-bond acceptors (Lipinski definition) is 5. The molecule has 1 aromatic carbocycles. The number of ether oxygens (including phenoxy) is 1. The van der Waals surface area contributed by atoms with E-state index in [-0.39, 0.29) is 36.1 Å². The average molecular weight is 473 g/mol. The van der Waals surface area contributed by atoms with Crippen molar-refractivity contribution >= 4 is 22.6 Å². The first kappa shape index (κ1) is 25.9. The van der Waals surface area contributed by atoms with E-state index in [1.807, 2.05) is 4.57 Å². The normalized spacial score (nSPS) is 15.8. The molecule has 2 aromatic rings. The number of benzene rings is 1. The zero-order chi connectivity index (χ0) is 24.7. The van der Waals surface area contributed by atoms with Crippen molar-refractivity contribution in [2.75, 3.05) is 11.9 Å². The third kappa shape index (κ3) is 6.06. The molecular weight excluding hydrogens is 435 g/mol. The molecule has 0 bridgehead atoms. The van der Waals surface area contributed by atoms with Gasteiger partial charge in [0.15, 0.2) is 5.43 Å². The molecule has 1 aliphatic carbocycles. The van der Waals surface area contributed by atoms with E-state index in [9.17, 15) is 14.7 Å². The number of rotatable bonds is 10. The molecule has 1 fully saturated rings. The predicted octanol–water partition coefficient (Wildman–Crippen LogP) is 5.79. The van der Waals surface area contributed by atoms with Crippen molar-refractivity contribution in [2.24, 2.45) is 0 Å². The number of aliphatic hydroxyl groups excluding tert-OH is 1. The van der Waals surface area contributed by atoms with Crippen LogP contribution in [0.1, 0.15) is 89.8 Å². The van der Waals surface area contributed by atoms with E-state index in [0.29, 0.717) is 11.2 Å². The zero-order valence-corrected chi connectivity index (χ0v) is 20.5. The number of esters is 1. The van der Waals surface area contributed by atoms with Gasteiger partial charge in [-0.3, -0.25) is 4.79 Å². The van der Waals surface area contributed by atoms with Crippen LogP contribution in [0.25, 0.3) is 10.9 Å². The molecule has 34 heavy (non-hydrogen) atoms. The lowest BCUT2D eigenvalue weighted by Crippen LogP contribution is -2.24. The molecule has 2 N–H and O–H groups in total. The van der Waals surface area contributed by atoms with E-state index in [1.54, 1.807) is 19.2 Å². The number of halogens is 1. The van der Waals surface area contributed by atoms with Gasteiger partial charge in [-0.05, 0) is 51.2 Å². The summed E-state index contributed by atoms with van der Waals surface area (Å²) in [5, 5.41) is 14.4. The molecule has 6 nitrogen and oxygen atoms in total. The molecule has 1 saturated carbocycles. The van der Waals surface area contributed by atoms with Crippen LogP contribution in [-0.2, 0) is 9.53 Å². The molecule has 1 aliphatic rings. The average Bonchev–Trinajstić information content (AvgIpc) is 2.83. The Labute approximate surface area is 200 Å². The second kappa shape index (κ2) is 12.2. The van der Waals surface area contributed by atoms with Gasteiger partial charge in [-0.25, -0.2) is 9.18 Å². The van der Waals surface area contributed by atoms with Gasteiger partial charge in [0.25, 0.3) is 0 Å². The van der Waals surface area contributed by atoms with Gasteiger partial charge in [-0.15, -0.1) is 0 Å². The van der Waals surface area contributed by atoms with Gasteiger partial charge in [0, 0.05) is 35.3 Å². The summed E-state index contributed by atoms with van der Waals surface area (Å²) in [6.07, 6.45) is 10.6. The molecule has 7 heteroatoms. The van der Waals surface area contributed by atoms with Crippen LogP contribution in [0.2, 0.25) is 0 Å². The van der Waals surface area contributed by atoms with Crippen LogP contribution in [0.5, 0.6) is 0 Å². The molecule has 1 atom stereocenters. The number of hydrogen-bond donors (Lipinski definition) is 2. The standard InChI is InChI=1S/C27H37FN2O4/c1-4-19(5-2)30-17-21(25(31)13-10-14-26(32)34-6-3)27(33)20-15-22(28)23(16-24(20)30)29-18-11-8-7-9-12-18/h10,14-19,25,29,31H,4-9,11-13H2,1-3H3. The monoisotopic (exact) mass is 472 g/mol. The maximum atomic E-state index is 15.1. The fourth-order valence-corrected chi connectivity index (χ4v) is 4.80. The van der Waals surface area contributed by atoms with Crippen LogP contribution in [0.4, 0.5) is 10.1 Å². The molecule has 0 spiro atoms. The first-order valence-electron chi connectivity index (χ1n) is 12.6. The van der Waals surface area contributed by atoms with Crippen LogP contribution in [0, 0.1) is 5.82 Å². The summed E-state index contributed by atoms with van der Waals surface area (Å²) in [6.45, 7) is 6.12. The summed E-state index contributed by atoms with van der Waals surface area (Å²) in [7, 11) is 0. The number of nitrogens with zero attached hydrogens (tertiary/aromatic N) is 1. The topological polar surface area (TPSA) is 80.6 Å². The summed E-state index contributed by atoms with van der Waals surface area (Å²) >= 11 is 0. The van der Waals surface area contributed by atoms with E-state index in [0.717, 1.165) is 38.5 Å². The number of pyridine rings is 1. The van der Waals surface area contributed by atoms with Crippen molar-refractivity contribution in [1.29, 1.82) is 0 Å². The molecule has 0 radical (unpaired) electrons. The van der Waals surface area contributed by atoms with Crippen molar-refractivity contribution in [1.82, 2.24) is 4.57 Å². The van der Waals surface area contributed by atoms with Gasteiger partial charge >= 0.3 is 5.97 Å². The van der Waals surface area contributed by atoms with Crippen LogP contribution < -0.4 is 10.7 Å². The smallest absolute Gasteiger partial charge is 0.330 e. The highest BCUT2D eigenvalue weighted by Gasteiger charge is 2.21. The van der Waals surface area contributed by atoms with Crippen molar-refractivity contribution in [3.8, 4) is 0 Å². The highest BCUT2D eigenvalue weighted by atomic mass is 19.1. The molecule has 1 heterocycles. The molecule has 0 aliphatic heterocycles. The number of anilines is 1. The number of aromatic nitrogens is 1. The van der Waals surface area contributed by atoms with E-state index in [4.69, 9.17) is 4.74 Å². The maximum absolute atomic E-state index is 15.1. The lowest BCUT2D eigenvalue weighted by molar-refractivity contribution is -0.137. The van der Waals surface area contributed by atoms with E-state index >= 15 is 4.39 Å². The Balaban J connectivity index is 2.02. The summed E-state index contributed by atoms with van der Waals surface area (Å²) in [5.41, 5.74) is 0.887. The minimum absolute atomic E-state index is 0.0757. The van der Waals surface area contributed by atoms with Crippen molar-refractivity contribution in [2.45, 2.75) is 90.3 Å². The fourth-order valence-electron chi connectivity index (χ4n) is 4.80. The van der Waals surface area contributed by atoms with Crippen molar-refractivity contribution in [3.63, 3.8) is 0 Å². The van der Waals surface area contributed by atoms with E-state index in [2.05, 4.69) is 19.2 Å². The Hall–Kier alpha value is -2.67. The molecular formula is C27H37FN2O4. The molecule has 1 unspecified atom stereocenters. The van der Waals surface area contributed by atoms with Crippen LogP contribution >= 0.6 is 0 Å². The largest absolute Gasteiger partial charge is 0.463 e. The van der Waals surface area contributed by atoms with Gasteiger partial charge in [0.2, 0.25) is 0 Å². The number of carbonyl (C=O) groups is 1. The Kier molecular flexibility index (Phi) is 9.28. The molecule has 3 rings (SSSR count). The van der Waals surface area contributed by atoms with Crippen molar-refractivity contribution < 1.29 is 19.0 Å². The summed E-state index contributed by atoms with van der Waals surface area (Å²) < 4.78 is 22.0. The first-order valence-corrected chi connectivity index (χ1v) is 12.6. The van der Waals surface area contributed by atoms with Gasteiger partial charge in [0.05, 0.1) is 23.9 Å². The third-order valence-electron chi connectivity index (χ3n) is 6.71. The van der Waals surface area contributed by atoms with Gasteiger partial charge in [-0.2, -0.15) is 0 Å². The number of nitrogens with one attached hydrogen (secondary N) is 1. The molecule has 186 valence electrons. The Morgan fingerprint density at radius 1 is 1.24 bits per heavy atom. The SMILES string of the molecule is CCOC(=O)C=CCC(O)c1cn(C(CC)CC)c2cc(NC3CCCCC3)c(F)cc2c1=O. The predicted molar refractivity (Wildman–Crippen MR) is 134 cm³/mol. The highest BCUT2D eigenvalue weighted by Crippen LogP contribution is 2.30. The summed E-state index contributed by atoms with van der Waals surface area (Å²) in [4.78, 5) is 24.8. The Bertz CT molecular complexity index is 1070. The number of aliphatic hydroxyl groups is 1. The molecule has 1 aromatic heterocycles. The lowest BCUT2D eigenvalue weighted by Gasteiger charge is -2.26. The number of fused-ring (bicyclic) bond motifs is 1. The van der Waals surface area contributed by atoms with Crippen LogP contribution in [0.15, 0.2) is 35.3 Å². The minimum Gasteiger partial charge on any atom is -0.463 e. The van der Waals surface area contributed by atoms with Gasteiger partial charge < -0.3 is 19.7 Å². The van der Waals surface area contributed by atoms with E-state index in [1.165, 1.54) is 24.6 Å². The third-order valence-corrected chi connectivity index (χ3v) is 6.71. The van der Waals surface area contributed by atoms with Crippen LogP contribution in [0.3, 0.4) is 0 Å². The Morgan fingerprint density at radius 2 is 1.94 bits per heavy atom. The van der Waals surface area contributed by atoms with Crippen LogP contribution in [-0.4, -0.2) is 28.3 Å². The highest BCUT2D eigenvalue weighted by molar-refractivity contribution is 5.84. The van der Waals surface area contributed by atoms with Gasteiger partial charge in [0.1, 0.15) is 5.82 Å². The minimum atomic E-state index is -1.12. The maximum Gasteiger partial charge on any atom is 0.330 e. The second-order valence-corrected chi connectivity index (χ2v) is 9.03. The second-order valence-electron chi connectivity index (χ2n) is 9.03. The zero-order valence-electron chi connectivity index (χ0n) is 20.5. The van der Waals surface area contributed by atoms with E-state index < -0.39 is 23.3 Å². The first-order chi connectivity index (χ1) is 16.4. The van der Waals surface area contributed by atoms with Crippen molar-refractivity contribution in [3.05, 3.63) is 52.1 Å². The summed E-state index contributed by atoms with van der Waals surface area (Å²) in [5.74, 6) is -0.956. The lowest BCUT2D eigenvalue weighted by atomic mass is 9.95. The Morgan fingerprint density at radius 3 is 2.59 bits per heavy atom. The molecule has 0 amide bonds. The quantitative estimate of drug-likeness (QED) is 0.338. The fraction of sp³-hybridized carbons (Fsp3) is 0.556. The van der Waals surface area contributed by atoms with Gasteiger partial charge in [-0.1, -0.05) is 39.2 Å². The molecule has 0 saturated heterocycles. The summed E-state index contributed by atoms with van der Waals surface area (Å²) in [6, 6.07) is 3.38.